The van der Waals surface area contributed by atoms with Crippen LogP contribution in [0, 0.1) is 6.92 Å². The number of carbonyl (C=O) groups is 2. The second-order valence-corrected chi connectivity index (χ2v) is 10.1. The fraction of sp³-hybridized carbons (Fsp3) is 0.400. The molecule has 0 fully saturated rings. The minimum Gasteiger partial charge on any atom is -0.493 e. The first-order valence-corrected chi connectivity index (χ1v) is 13.7. The number of furan rings is 1. The van der Waals surface area contributed by atoms with Gasteiger partial charge in [-0.1, -0.05) is 47.8 Å². The van der Waals surface area contributed by atoms with Gasteiger partial charge in [-0.3, -0.25) is 9.59 Å². The maximum atomic E-state index is 13.7. The molecular formula is C30H37BrN2O5. The van der Waals surface area contributed by atoms with Crippen LogP contribution < -0.4 is 9.47 Å². The fourth-order valence-electron chi connectivity index (χ4n) is 4.22. The molecule has 7 nitrogen and oxygen atoms in total. The van der Waals surface area contributed by atoms with Crippen molar-refractivity contribution in [1.29, 1.82) is 0 Å². The zero-order valence-electron chi connectivity index (χ0n) is 22.7. The van der Waals surface area contributed by atoms with E-state index in [0.717, 1.165) is 35.1 Å². The summed E-state index contributed by atoms with van der Waals surface area (Å²) in [4.78, 5) is 30.5. The van der Waals surface area contributed by atoms with Crippen LogP contribution in [0.3, 0.4) is 0 Å². The summed E-state index contributed by atoms with van der Waals surface area (Å²) in [7, 11) is 3.21. The summed E-state index contributed by atoms with van der Waals surface area (Å²) in [6, 6.07) is 16.8. The molecule has 0 N–H and O–H groups in total. The van der Waals surface area contributed by atoms with Gasteiger partial charge in [0, 0.05) is 23.1 Å². The second-order valence-electron chi connectivity index (χ2n) is 9.21. The molecule has 0 saturated heterocycles. The van der Waals surface area contributed by atoms with Crippen LogP contribution in [0.4, 0.5) is 0 Å². The number of aryl methyl sites for hydroxylation is 1. The molecule has 0 aliphatic rings. The maximum absolute atomic E-state index is 13.7. The number of benzene rings is 2. The van der Waals surface area contributed by atoms with Gasteiger partial charge in [0.05, 0.1) is 20.8 Å². The van der Waals surface area contributed by atoms with Crippen LogP contribution in [-0.2, 0) is 17.8 Å². The quantitative estimate of drug-likeness (QED) is 0.209. The minimum atomic E-state index is -0.149. The van der Waals surface area contributed by atoms with Crippen molar-refractivity contribution >= 4 is 27.7 Å². The largest absolute Gasteiger partial charge is 0.493 e. The lowest BCUT2D eigenvalue weighted by Gasteiger charge is -2.27. The molecule has 0 radical (unpaired) electrons. The van der Waals surface area contributed by atoms with Gasteiger partial charge >= 0.3 is 0 Å². The average molecular weight is 586 g/mol. The molecule has 0 saturated carbocycles. The molecule has 2 aromatic carbocycles. The van der Waals surface area contributed by atoms with Crippen molar-refractivity contribution in [2.24, 2.45) is 0 Å². The van der Waals surface area contributed by atoms with Crippen molar-refractivity contribution in [3.63, 3.8) is 0 Å². The lowest BCUT2D eigenvalue weighted by molar-refractivity contribution is -0.132. The van der Waals surface area contributed by atoms with Crippen molar-refractivity contribution in [2.75, 3.05) is 33.9 Å². The number of nitrogens with zero attached hydrogens (tertiary/aromatic N) is 2. The Bertz CT molecular complexity index is 1210. The molecule has 0 atom stereocenters. The Labute approximate surface area is 233 Å². The number of hydrogen-bond donors (Lipinski definition) is 0. The van der Waals surface area contributed by atoms with Crippen LogP contribution >= 0.6 is 15.9 Å². The summed E-state index contributed by atoms with van der Waals surface area (Å²) in [5, 5.41) is 0. The second kappa shape index (κ2) is 14.6. The molecule has 1 heterocycles. The number of carbonyl (C=O) groups excluding carboxylic acids is 2. The smallest absolute Gasteiger partial charge is 0.254 e. The first kappa shape index (κ1) is 29.3. The van der Waals surface area contributed by atoms with Crippen LogP contribution in [-0.4, -0.2) is 55.5 Å². The Hall–Kier alpha value is -3.26. The Balaban J connectivity index is 1.79. The predicted molar refractivity (Wildman–Crippen MR) is 152 cm³/mol. The van der Waals surface area contributed by atoms with E-state index in [2.05, 4.69) is 22.9 Å². The van der Waals surface area contributed by atoms with E-state index >= 15 is 0 Å². The van der Waals surface area contributed by atoms with Crippen LogP contribution in [0.1, 0.15) is 53.6 Å². The van der Waals surface area contributed by atoms with Crippen LogP contribution in [0.5, 0.6) is 11.5 Å². The summed E-state index contributed by atoms with van der Waals surface area (Å²) < 4.78 is 17.4. The number of ether oxygens (including phenoxy) is 2. The van der Waals surface area contributed by atoms with Crippen molar-refractivity contribution in [1.82, 2.24) is 9.80 Å². The molecule has 2 amide bonds. The van der Waals surface area contributed by atoms with E-state index in [0.29, 0.717) is 48.9 Å². The van der Waals surface area contributed by atoms with E-state index in [1.807, 2.05) is 49.4 Å². The third kappa shape index (κ3) is 8.38. The molecule has 3 aromatic rings. The highest BCUT2D eigenvalue weighted by Crippen LogP contribution is 2.28. The van der Waals surface area contributed by atoms with Crippen molar-refractivity contribution < 1.29 is 23.5 Å². The minimum absolute atomic E-state index is 0.000680. The average Bonchev–Trinajstić information content (AvgIpc) is 3.34. The SMILES string of the molecule is CCCCCN(CC(=O)N(CCc1ccc(OC)c(OC)c1)Cc1ccc(C)o1)C(=O)c1cccc(Br)c1. The van der Waals surface area contributed by atoms with Gasteiger partial charge in [0.15, 0.2) is 11.5 Å². The molecular weight excluding hydrogens is 548 g/mol. The number of hydrogen-bond acceptors (Lipinski definition) is 5. The fourth-order valence-corrected chi connectivity index (χ4v) is 4.62. The Morgan fingerprint density at radius 2 is 1.71 bits per heavy atom. The molecule has 0 spiro atoms. The Kier molecular flexibility index (Phi) is 11.3. The first-order valence-electron chi connectivity index (χ1n) is 12.9. The molecule has 0 aliphatic heterocycles. The highest BCUT2D eigenvalue weighted by Gasteiger charge is 2.23. The highest BCUT2D eigenvalue weighted by molar-refractivity contribution is 9.10. The number of rotatable bonds is 14. The topological polar surface area (TPSA) is 72.2 Å². The molecule has 0 unspecified atom stereocenters. The third-order valence-electron chi connectivity index (χ3n) is 6.33. The van der Waals surface area contributed by atoms with E-state index in [-0.39, 0.29) is 18.4 Å². The lowest BCUT2D eigenvalue weighted by Crippen LogP contribution is -2.43. The lowest BCUT2D eigenvalue weighted by atomic mass is 10.1. The van der Waals surface area contributed by atoms with Gasteiger partial charge in [-0.25, -0.2) is 0 Å². The summed E-state index contributed by atoms with van der Waals surface area (Å²) in [5.41, 5.74) is 1.57. The van der Waals surface area contributed by atoms with E-state index in [4.69, 9.17) is 13.9 Å². The number of halogens is 1. The summed E-state index contributed by atoms with van der Waals surface area (Å²) in [6.07, 6.45) is 3.47. The number of amides is 2. The van der Waals surface area contributed by atoms with Crippen molar-refractivity contribution in [3.05, 3.63) is 81.7 Å². The van der Waals surface area contributed by atoms with Crippen molar-refractivity contribution in [3.8, 4) is 11.5 Å². The molecule has 0 aliphatic carbocycles. The maximum Gasteiger partial charge on any atom is 0.254 e. The normalized spacial score (nSPS) is 10.8. The van der Waals surface area contributed by atoms with Gasteiger partial charge in [0.2, 0.25) is 5.91 Å². The summed E-state index contributed by atoms with van der Waals surface area (Å²) in [5.74, 6) is 2.52. The van der Waals surface area contributed by atoms with Crippen LogP contribution in [0.15, 0.2) is 63.5 Å². The molecule has 1 aromatic heterocycles. The molecule has 8 heteroatoms. The Morgan fingerprint density at radius 1 is 0.921 bits per heavy atom. The standard InChI is InChI=1S/C30H37BrN2O5/c1-5-6-7-16-33(30(35)24-9-8-10-25(31)19-24)21-29(34)32(20-26-13-11-22(2)38-26)17-15-23-12-14-27(36-3)28(18-23)37-4/h8-14,18-19H,5-7,15-17,20-21H2,1-4H3. The van der Waals surface area contributed by atoms with Gasteiger partial charge in [0.1, 0.15) is 18.1 Å². The summed E-state index contributed by atoms with van der Waals surface area (Å²) in [6.45, 7) is 5.31. The van der Waals surface area contributed by atoms with Crippen molar-refractivity contribution in [2.45, 2.75) is 46.1 Å². The number of methoxy groups -OCH3 is 2. The molecule has 38 heavy (non-hydrogen) atoms. The monoisotopic (exact) mass is 584 g/mol. The molecule has 3 rings (SSSR count). The number of unbranched alkanes of at least 4 members (excludes halogenated alkanes) is 2. The van der Waals surface area contributed by atoms with Gasteiger partial charge in [-0.2, -0.15) is 0 Å². The van der Waals surface area contributed by atoms with Gasteiger partial charge < -0.3 is 23.7 Å². The Morgan fingerprint density at radius 3 is 2.37 bits per heavy atom. The van der Waals surface area contributed by atoms with Crippen LogP contribution in [0.2, 0.25) is 0 Å². The van der Waals surface area contributed by atoms with Gasteiger partial charge in [-0.15, -0.1) is 0 Å². The van der Waals surface area contributed by atoms with E-state index in [1.165, 1.54) is 0 Å². The zero-order valence-corrected chi connectivity index (χ0v) is 24.3. The first-order chi connectivity index (χ1) is 18.3. The molecule has 204 valence electrons. The van der Waals surface area contributed by atoms with Gasteiger partial charge in [0.25, 0.3) is 5.91 Å². The predicted octanol–water partition coefficient (Wildman–Crippen LogP) is 6.27. The molecule has 0 bridgehead atoms. The highest BCUT2D eigenvalue weighted by atomic mass is 79.9. The van der Waals surface area contributed by atoms with E-state index < -0.39 is 0 Å². The summed E-state index contributed by atoms with van der Waals surface area (Å²) >= 11 is 3.45. The van der Waals surface area contributed by atoms with E-state index in [1.54, 1.807) is 36.2 Å². The zero-order chi connectivity index (χ0) is 27.5. The third-order valence-corrected chi connectivity index (χ3v) is 6.82. The van der Waals surface area contributed by atoms with Gasteiger partial charge in [-0.05, 0) is 67.8 Å². The van der Waals surface area contributed by atoms with Crippen LogP contribution in [0.25, 0.3) is 0 Å². The van der Waals surface area contributed by atoms with E-state index in [9.17, 15) is 9.59 Å².